The number of nitrogens with one attached hydrogen (secondary N) is 1. The highest BCUT2D eigenvalue weighted by atomic mass is 15.4. The summed E-state index contributed by atoms with van der Waals surface area (Å²) in [5.41, 5.74) is 3.43. The Bertz CT molecular complexity index is 621. The fourth-order valence-corrected chi connectivity index (χ4v) is 2.55. The second kappa shape index (κ2) is 5.35. The van der Waals surface area contributed by atoms with Crippen molar-refractivity contribution < 1.29 is 0 Å². The number of fused-ring (bicyclic) bond motifs is 1. The predicted molar refractivity (Wildman–Crippen MR) is 82.3 cm³/mol. The molecule has 0 saturated carbocycles. The van der Waals surface area contributed by atoms with Gasteiger partial charge in [0.05, 0.1) is 5.69 Å². The second-order valence-electron chi connectivity index (χ2n) is 4.99. The molecule has 0 saturated heterocycles. The molecular weight excluding hydrogens is 248 g/mol. The van der Waals surface area contributed by atoms with Gasteiger partial charge < -0.3 is 5.32 Å². The molecule has 1 aromatic heterocycles. The Hall–Kier alpha value is -2.33. The zero-order valence-corrected chi connectivity index (χ0v) is 11.5. The number of nitrogens with two attached hydrogens (primary N) is 1. The lowest BCUT2D eigenvalue weighted by atomic mass is 9.96. The summed E-state index contributed by atoms with van der Waals surface area (Å²) >= 11 is 0. The molecule has 0 amide bonds. The van der Waals surface area contributed by atoms with Gasteiger partial charge in [0, 0.05) is 30.4 Å². The number of rotatable bonds is 3. The summed E-state index contributed by atoms with van der Waals surface area (Å²) in [6.07, 6.45) is 3.80. The largest absolute Gasteiger partial charge is 0.369 e. The van der Waals surface area contributed by atoms with Crippen LogP contribution in [0.15, 0.2) is 60.4 Å². The topological polar surface area (TPSA) is 54.2 Å². The summed E-state index contributed by atoms with van der Waals surface area (Å²) < 4.78 is 0. The fraction of sp³-hybridized carbons (Fsp3) is 0.188. The second-order valence-corrected chi connectivity index (χ2v) is 4.99. The van der Waals surface area contributed by atoms with E-state index in [1.165, 1.54) is 11.1 Å². The normalized spacial score (nSPS) is 17.5. The quantitative estimate of drug-likeness (QED) is 0.662. The molecule has 1 atom stereocenters. The van der Waals surface area contributed by atoms with Crippen LogP contribution in [-0.2, 0) is 0 Å². The molecule has 1 unspecified atom stereocenters. The minimum absolute atomic E-state index is 0.327. The molecule has 1 aromatic carbocycles. The maximum Gasteiger partial charge on any atom is 0.129 e. The van der Waals surface area contributed by atoms with Crippen LogP contribution in [-0.4, -0.2) is 11.5 Å². The summed E-state index contributed by atoms with van der Waals surface area (Å²) in [5.74, 6) is 7.41. The smallest absolute Gasteiger partial charge is 0.129 e. The van der Waals surface area contributed by atoms with Crippen molar-refractivity contribution in [1.82, 2.24) is 4.98 Å². The highest BCUT2D eigenvalue weighted by Crippen LogP contribution is 2.34. The number of hydrogen-bond donors (Lipinski definition) is 2. The molecule has 0 bridgehead atoms. The van der Waals surface area contributed by atoms with E-state index in [0.29, 0.717) is 5.92 Å². The van der Waals surface area contributed by atoms with Crippen LogP contribution in [0.3, 0.4) is 0 Å². The molecule has 1 aliphatic heterocycles. The summed E-state index contributed by atoms with van der Waals surface area (Å²) in [7, 11) is 0. The molecule has 0 radical (unpaired) electrons. The summed E-state index contributed by atoms with van der Waals surface area (Å²) in [6.45, 7) is 2.98. The van der Waals surface area contributed by atoms with E-state index in [1.54, 1.807) is 5.01 Å². The van der Waals surface area contributed by atoms with Gasteiger partial charge in [0.1, 0.15) is 5.82 Å². The minimum atomic E-state index is 0.327. The minimum Gasteiger partial charge on any atom is -0.369 e. The average Bonchev–Trinajstić information content (AvgIpc) is 2.92. The van der Waals surface area contributed by atoms with Gasteiger partial charge in [0.25, 0.3) is 0 Å². The first kappa shape index (κ1) is 12.7. The lowest BCUT2D eigenvalue weighted by molar-refractivity contribution is 0.864. The van der Waals surface area contributed by atoms with E-state index >= 15 is 0 Å². The van der Waals surface area contributed by atoms with Gasteiger partial charge in [-0.05, 0) is 30.7 Å². The van der Waals surface area contributed by atoms with Crippen LogP contribution in [0.4, 0.5) is 11.5 Å². The molecule has 4 nitrogen and oxygen atoms in total. The van der Waals surface area contributed by atoms with Gasteiger partial charge in [-0.2, -0.15) is 0 Å². The van der Waals surface area contributed by atoms with Crippen molar-refractivity contribution in [3.63, 3.8) is 0 Å². The molecule has 102 valence electrons. The van der Waals surface area contributed by atoms with Crippen molar-refractivity contribution >= 4 is 11.5 Å². The van der Waals surface area contributed by atoms with Gasteiger partial charge in [0.15, 0.2) is 0 Å². The number of pyridine rings is 1. The van der Waals surface area contributed by atoms with Gasteiger partial charge in [-0.3, -0.25) is 5.01 Å². The lowest BCUT2D eigenvalue weighted by Gasteiger charge is -2.18. The first-order chi connectivity index (χ1) is 9.75. The Labute approximate surface area is 118 Å². The third-order valence-corrected chi connectivity index (χ3v) is 3.63. The molecule has 3 rings (SSSR count). The van der Waals surface area contributed by atoms with Crippen molar-refractivity contribution in [1.29, 1.82) is 0 Å². The molecule has 2 aromatic rings. The van der Waals surface area contributed by atoms with Crippen LogP contribution in [0.5, 0.6) is 0 Å². The number of hydrogen-bond acceptors (Lipinski definition) is 4. The molecule has 2 heterocycles. The van der Waals surface area contributed by atoms with Crippen LogP contribution < -0.4 is 16.2 Å². The van der Waals surface area contributed by atoms with E-state index in [2.05, 4.69) is 23.3 Å². The third kappa shape index (κ3) is 2.38. The van der Waals surface area contributed by atoms with Crippen molar-refractivity contribution in [2.45, 2.75) is 12.8 Å². The lowest BCUT2D eigenvalue weighted by Crippen LogP contribution is -2.25. The standard InChI is InChI=1S/C16H18N4/c1-12(11-20(17)13-6-3-2-4-7-13)15-10-19-16-14(15)8-5-9-18-16/h2-9,11,15H,10,17H2,1H3,(H,18,19)/b12-11+. The van der Waals surface area contributed by atoms with Crippen LogP contribution in [0, 0.1) is 0 Å². The molecule has 0 aliphatic carbocycles. The van der Waals surface area contributed by atoms with Gasteiger partial charge in [0.2, 0.25) is 0 Å². The molecule has 0 fully saturated rings. The summed E-state index contributed by atoms with van der Waals surface area (Å²) in [6, 6.07) is 14.0. The van der Waals surface area contributed by atoms with Crippen LogP contribution in [0.2, 0.25) is 0 Å². The monoisotopic (exact) mass is 266 g/mol. The van der Waals surface area contributed by atoms with E-state index in [4.69, 9.17) is 5.84 Å². The number of para-hydroxylation sites is 1. The van der Waals surface area contributed by atoms with Gasteiger partial charge >= 0.3 is 0 Å². The van der Waals surface area contributed by atoms with Crippen molar-refractivity contribution in [2.24, 2.45) is 5.84 Å². The highest BCUT2D eigenvalue weighted by molar-refractivity contribution is 5.56. The van der Waals surface area contributed by atoms with Gasteiger partial charge in [-0.1, -0.05) is 24.3 Å². The molecule has 0 spiro atoms. The number of benzene rings is 1. The first-order valence-corrected chi connectivity index (χ1v) is 6.72. The van der Waals surface area contributed by atoms with E-state index in [-0.39, 0.29) is 0 Å². The molecule has 1 aliphatic rings. The van der Waals surface area contributed by atoms with E-state index in [9.17, 15) is 0 Å². The van der Waals surface area contributed by atoms with Crippen LogP contribution >= 0.6 is 0 Å². The summed E-state index contributed by atoms with van der Waals surface area (Å²) in [5, 5.41) is 5.00. The zero-order valence-electron chi connectivity index (χ0n) is 11.5. The highest BCUT2D eigenvalue weighted by Gasteiger charge is 2.24. The van der Waals surface area contributed by atoms with Crippen LogP contribution in [0.25, 0.3) is 0 Å². The van der Waals surface area contributed by atoms with Crippen molar-refractivity contribution in [3.8, 4) is 0 Å². The molecule has 4 heteroatoms. The van der Waals surface area contributed by atoms with Gasteiger partial charge in [-0.15, -0.1) is 0 Å². The number of nitrogens with zero attached hydrogens (tertiary/aromatic N) is 2. The molecular formula is C16H18N4. The Morgan fingerprint density at radius 3 is 2.90 bits per heavy atom. The third-order valence-electron chi connectivity index (χ3n) is 3.63. The maximum absolute atomic E-state index is 6.10. The Kier molecular flexibility index (Phi) is 3.39. The van der Waals surface area contributed by atoms with Crippen LogP contribution in [0.1, 0.15) is 18.4 Å². The molecule has 3 N–H and O–H groups in total. The van der Waals surface area contributed by atoms with Crippen molar-refractivity contribution in [2.75, 3.05) is 16.9 Å². The number of aromatic nitrogens is 1. The van der Waals surface area contributed by atoms with E-state index < -0.39 is 0 Å². The SMILES string of the molecule is C/C(=C\N(N)c1ccccc1)C1CNc2ncccc21. The Morgan fingerprint density at radius 1 is 1.30 bits per heavy atom. The maximum atomic E-state index is 6.10. The number of hydrazine groups is 1. The van der Waals surface area contributed by atoms with Crippen molar-refractivity contribution in [3.05, 3.63) is 66.0 Å². The fourth-order valence-electron chi connectivity index (χ4n) is 2.55. The number of anilines is 2. The van der Waals surface area contributed by atoms with Gasteiger partial charge in [-0.25, -0.2) is 10.8 Å². The predicted octanol–water partition coefficient (Wildman–Crippen LogP) is 2.87. The Morgan fingerprint density at radius 2 is 2.10 bits per heavy atom. The average molecular weight is 266 g/mol. The zero-order chi connectivity index (χ0) is 13.9. The van der Waals surface area contributed by atoms with E-state index in [1.807, 2.05) is 48.8 Å². The first-order valence-electron chi connectivity index (χ1n) is 6.72. The Balaban J connectivity index is 1.83. The summed E-state index contributed by atoms with van der Waals surface area (Å²) in [4.78, 5) is 4.35. The molecule has 20 heavy (non-hydrogen) atoms. The van der Waals surface area contributed by atoms with E-state index in [0.717, 1.165) is 18.1 Å².